The van der Waals surface area contributed by atoms with E-state index in [0.29, 0.717) is 5.92 Å². The second-order valence-corrected chi connectivity index (χ2v) is 4.37. The second kappa shape index (κ2) is 4.75. The maximum absolute atomic E-state index is 11.2. The summed E-state index contributed by atoms with van der Waals surface area (Å²) in [5.41, 5.74) is 4.84. The smallest absolute Gasteiger partial charge is 0.234 e. The van der Waals surface area contributed by atoms with Crippen LogP contribution in [0, 0.1) is 5.92 Å². The van der Waals surface area contributed by atoms with Gasteiger partial charge in [0.2, 0.25) is 5.91 Å². The number of nitrogens with two attached hydrogens (primary N) is 1. The minimum Gasteiger partial charge on any atom is -0.394 e. The number of rotatable bonds is 3. The van der Waals surface area contributed by atoms with Crippen molar-refractivity contribution in [3.05, 3.63) is 0 Å². The first-order valence-electron chi connectivity index (χ1n) is 5.24. The molecule has 0 heterocycles. The molecule has 4 heteroatoms. The predicted molar refractivity (Wildman–Crippen MR) is 54.6 cm³/mol. The summed E-state index contributed by atoms with van der Waals surface area (Å²) in [4.78, 5) is 11.2. The van der Waals surface area contributed by atoms with E-state index in [2.05, 4.69) is 12.2 Å². The highest BCUT2D eigenvalue weighted by atomic mass is 16.3. The standard InChI is InChI=1S/C10H20N2O2/c1-8-2-4-10(7-13,5-3-8)12-9(14)6-11/h8,13H,2-7,11H2,1H3,(H,12,14). The van der Waals surface area contributed by atoms with Gasteiger partial charge in [-0.25, -0.2) is 0 Å². The Labute approximate surface area is 84.9 Å². The molecule has 0 spiro atoms. The highest BCUT2D eigenvalue weighted by Crippen LogP contribution is 2.31. The van der Waals surface area contributed by atoms with Crippen molar-refractivity contribution in [3.8, 4) is 0 Å². The van der Waals surface area contributed by atoms with Crippen LogP contribution in [0.4, 0.5) is 0 Å². The Kier molecular flexibility index (Phi) is 3.89. The van der Waals surface area contributed by atoms with E-state index in [1.54, 1.807) is 0 Å². The Morgan fingerprint density at radius 3 is 2.57 bits per heavy atom. The fourth-order valence-electron chi connectivity index (χ4n) is 1.98. The van der Waals surface area contributed by atoms with Crippen LogP contribution in [0.25, 0.3) is 0 Å². The zero-order valence-electron chi connectivity index (χ0n) is 8.75. The maximum atomic E-state index is 11.2. The van der Waals surface area contributed by atoms with Crippen LogP contribution >= 0.6 is 0 Å². The Morgan fingerprint density at radius 1 is 1.57 bits per heavy atom. The number of carbonyl (C=O) groups excluding carboxylic acids is 1. The number of hydrogen-bond donors (Lipinski definition) is 3. The van der Waals surface area contributed by atoms with Gasteiger partial charge in [0.05, 0.1) is 18.7 Å². The lowest BCUT2D eigenvalue weighted by Crippen LogP contribution is -2.54. The average molecular weight is 200 g/mol. The number of aliphatic hydroxyl groups excluding tert-OH is 1. The molecule has 0 aromatic heterocycles. The van der Waals surface area contributed by atoms with Crippen LogP contribution < -0.4 is 11.1 Å². The third-order valence-corrected chi connectivity index (χ3v) is 3.12. The van der Waals surface area contributed by atoms with Crippen LogP contribution in [-0.4, -0.2) is 29.7 Å². The molecule has 4 N–H and O–H groups in total. The third-order valence-electron chi connectivity index (χ3n) is 3.12. The molecule has 0 bridgehead atoms. The molecule has 0 aliphatic heterocycles. The average Bonchev–Trinajstić information content (AvgIpc) is 2.22. The predicted octanol–water partition coefficient (Wildman–Crippen LogP) is 0.00250. The van der Waals surface area contributed by atoms with Crippen molar-refractivity contribution in [2.75, 3.05) is 13.2 Å². The lowest BCUT2D eigenvalue weighted by molar-refractivity contribution is -0.122. The Hall–Kier alpha value is -0.610. The summed E-state index contributed by atoms with van der Waals surface area (Å²) in [5, 5.41) is 12.2. The number of nitrogens with one attached hydrogen (secondary N) is 1. The summed E-state index contributed by atoms with van der Waals surface area (Å²) in [6, 6.07) is 0. The molecule has 0 aromatic carbocycles. The van der Waals surface area contributed by atoms with Crippen LogP contribution in [0.15, 0.2) is 0 Å². The summed E-state index contributed by atoms with van der Waals surface area (Å²) in [6.07, 6.45) is 3.84. The Morgan fingerprint density at radius 2 is 2.14 bits per heavy atom. The molecule has 1 rings (SSSR count). The van der Waals surface area contributed by atoms with Crippen molar-refractivity contribution < 1.29 is 9.90 Å². The molecule has 1 amide bonds. The minimum atomic E-state index is -0.400. The van der Waals surface area contributed by atoms with Gasteiger partial charge in [0, 0.05) is 0 Å². The van der Waals surface area contributed by atoms with E-state index in [4.69, 9.17) is 5.73 Å². The van der Waals surface area contributed by atoms with E-state index in [0.717, 1.165) is 25.7 Å². The normalized spacial score (nSPS) is 32.6. The van der Waals surface area contributed by atoms with E-state index in [1.807, 2.05) is 0 Å². The van der Waals surface area contributed by atoms with Gasteiger partial charge >= 0.3 is 0 Å². The van der Waals surface area contributed by atoms with Crippen molar-refractivity contribution in [3.63, 3.8) is 0 Å². The van der Waals surface area contributed by atoms with E-state index in [-0.39, 0.29) is 19.1 Å². The van der Waals surface area contributed by atoms with Gasteiger partial charge in [-0.3, -0.25) is 4.79 Å². The van der Waals surface area contributed by atoms with Crippen molar-refractivity contribution in [1.29, 1.82) is 0 Å². The van der Waals surface area contributed by atoms with Crippen LogP contribution in [0.2, 0.25) is 0 Å². The van der Waals surface area contributed by atoms with Gasteiger partial charge in [-0.05, 0) is 31.6 Å². The largest absolute Gasteiger partial charge is 0.394 e. The fourth-order valence-corrected chi connectivity index (χ4v) is 1.98. The monoisotopic (exact) mass is 200 g/mol. The first-order chi connectivity index (χ1) is 6.62. The maximum Gasteiger partial charge on any atom is 0.234 e. The zero-order valence-corrected chi connectivity index (χ0v) is 8.75. The van der Waals surface area contributed by atoms with E-state index >= 15 is 0 Å². The summed E-state index contributed by atoms with van der Waals surface area (Å²) >= 11 is 0. The molecule has 1 saturated carbocycles. The topological polar surface area (TPSA) is 75.3 Å². The highest BCUT2D eigenvalue weighted by Gasteiger charge is 2.34. The first kappa shape index (κ1) is 11.5. The van der Waals surface area contributed by atoms with Gasteiger partial charge < -0.3 is 16.2 Å². The van der Waals surface area contributed by atoms with Gasteiger partial charge in [0.25, 0.3) is 0 Å². The lowest BCUT2D eigenvalue weighted by atomic mass is 9.77. The summed E-state index contributed by atoms with van der Waals surface area (Å²) in [5.74, 6) is 0.526. The summed E-state index contributed by atoms with van der Waals surface area (Å²) in [6.45, 7) is 2.22. The third kappa shape index (κ3) is 2.69. The molecule has 14 heavy (non-hydrogen) atoms. The summed E-state index contributed by atoms with van der Waals surface area (Å²) in [7, 11) is 0. The van der Waals surface area contributed by atoms with Crippen molar-refractivity contribution in [1.82, 2.24) is 5.32 Å². The van der Waals surface area contributed by atoms with Crippen molar-refractivity contribution in [2.45, 2.75) is 38.1 Å². The van der Waals surface area contributed by atoms with Crippen LogP contribution in [-0.2, 0) is 4.79 Å². The Bertz CT molecular complexity index is 198. The molecule has 4 nitrogen and oxygen atoms in total. The van der Waals surface area contributed by atoms with Gasteiger partial charge in [0.1, 0.15) is 0 Å². The molecule has 1 aliphatic rings. The fraction of sp³-hybridized carbons (Fsp3) is 0.900. The molecule has 0 atom stereocenters. The number of amides is 1. The van der Waals surface area contributed by atoms with Gasteiger partial charge in [-0.15, -0.1) is 0 Å². The quantitative estimate of drug-likeness (QED) is 0.600. The highest BCUT2D eigenvalue weighted by molar-refractivity contribution is 5.78. The van der Waals surface area contributed by atoms with Gasteiger partial charge in [-0.2, -0.15) is 0 Å². The Balaban J connectivity index is 2.54. The van der Waals surface area contributed by atoms with Gasteiger partial charge in [0.15, 0.2) is 0 Å². The number of hydrogen-bond acceptors (Lipinski definition) is 3. The van der Waals surface area contributed by atoms with E-state index in [9.17, 15) is 9.90 Å². The van der Waals surface area contributed by atoms with Crippen LogP contribution in [0.5, 0.6) is 0 Å². The zero-order chi connectivity index (χ0) is 10.6. The van der Waals surface area contributed by atoms with E-state index < -0.39 is 5.54 Å². The molecular formula is C10H20N2O2. The summed E-state index contributed by atoms with van der Waals surface area (Å²) < 4.78 is 0. The molecule has 1 fully saturated rings. The molecular weight excluding hydrogens is 180 g/mol. The lowest BCUT2D eigenvalue weighted by Gasteiger charge is -2.38. The van der Waals surface area contributed by atoms with Crippen LogP contribution in [0.1, 0.15) is 32.6 Å². The van der Waals surface area contributed by atoms with E-state index in [1.165, 1.54) is 0 Å². The van der Waals surface area contributed by atoms with Crippen molar-refractivity contribution in [2.24, 2.45) is 11.7 Å². The molecule has 0 saturated heterocycles. The van der Waals surface area contributed by atoms with Crippen LogP contribution in [0.3, 0.4) is 0 Å². The second-order valence-electron chi connectivity index (χ2n) is 4.37. The molecule has 1 aliphatic carbocycles. The molecule has 0 radical (unpaired) electrons. The molecule has 82 valence electrons. The minimum absolute atomic E-state index is 0.00268. The van der Waals surface area contributed by atoms with Crippen molar-refractivity contribution >= 4 is 5.91 Å². The molecule has 0 unspecified atom stereocenters. The number of aliphatic hydroxyl groups is 1. The van der Waals surface area contributed by atoms with Gasteiger partial charge in [-0.1, -0.05) is 6.92 Å². The SMILES string of the molecule is CC1CCC(CO)(NC(=O)CN)CC1. The molecule has 0 aromatic rings. The first-order valence-corrected chi connectivity index (χ1v) is 5.24. The number of carbonyl (C=O) groups is 1.